The van der Waals surface area contributed by atoms with Crippen molar-refractivity contribution >= 4 is 19.8 Å². The zero-order valence-electron chi connectivity index (χ0n) is 39.6. The number of unbranched alkanes of at least 4 members (excludes halogenated alkanes) is 21. The fourth-order valence-electron chi connectivity index (χ4n) is 6.55. The molecule has 0 aliphatic rings. The van der Waals surface area contributed by atoms with Gasteiger partial charge in [-0.1, -0.05) is 203 Å². The third-order valence-electron chi connectivity index (χ3n) is 10.3. The zero-order valence-corrected chi connectivity index (χ0v) is 40.5. The van der Waals surface area contributed by atoms with Crippen molar-refractivity contribution in [1.29, 1.82) is 0 Å². The molecule has 0 heterocycles. The SMILES string of the molecule is CCCCC/C=C\C/C=C\C/C=C\C/C=C\C/C=C\CCC(=O)OC(COC(=O)CCCCCCCCCCCCCCCCCCCCC)COP(=O)(O)OCCN(C)C. The third kappa shape index (κ3) is 47.0. The molecule has 0 aliphatic heterocycles. The van der Waals surface area contributed by atoms with Crippen molar-refractivity contribution < 1.29 is 37.6 Å². The van der Waals surface area contributed by atoms with Crippen LogP contribution in [-0.2, 0) is 32.7 Å². The molecule has 0 aromatic carbocycles. The smallest absolute Gasteiger partial charge is 0.462 e. The van der Waals surface area contributed by atoms with Gasteiger partial charge in [0, 0.05) is 19.4 Å². The van der Waals surface area contributed by atoms with E-state index in [1.165, 1.54) is 128 Å². The van der Waals surface area contributed by atoms with E-state index in [1.54, 1.807) is 0 Å². The van der Waals surface area contributed by atoms with E-state index in [-0.39, 0.29) is 32.0 Å². The van der Waals surface area contributed by atoms with Crippen LogP contribution < -0.4 is 0 Å². The van der Waals surface area contributed by atoms with E-state index in [0.717, 1.165) is 44.9 Å². The highest BCUT2D eigenvalue weighted by Crippen LogP contribution is 2.43. The Morgan fingerprint density at radius 1 is 0.508 bits per heavy atom. The number of phosphoric ester groups is 1. The summed E-state index contributed by atoms with van der Waals surface area (Å²) in [7, 11) is -0.749. The number of hydrogen-bond donors (Lipinski definition) is 1. The van der Waals surface area contributed by atoms with Crippen LogP contribution in [0.15, 0.2) is 60.8 Å². The first-order valence-corrected chi connectivity index (χ1v) is 26.1. The van der Waals surface area contributed by atoms with Crippen LogP contribution in [0.3, 0.4) is 0 Å². The molecule has 0 aromatic heterocycles. The van der Waals surface area contributed by atoms with Gasteiger partial charge < -0.3 is 19.3 Å². The first-order chi connectivity index (χ1) is 29.7. The number of phosphoric acid groups is 1. The van der Waals surface area contributed by atoms with Gasteiger partial charge in [-0.05, 0) is 65.5 Å². The normalized spacial score (nSPS) is 13.8. The second kappa shape index (κ2) is 45.7. The van der Waals surface area contributed by atoms with E-state index in [0.29, 0.717) is 13.0 Å². The third-order valence-corrected chi connectivity index (χ3v) is 11.3. The van der Waals surface area contributed by atoms with Crippen LogP contribution in [0.5, 0.6) is 0 Å². The number of allylic oxidation sites excluding steroid dienone is 10. The summed E-state index contributed by atoms with van der Waals surface area (Å²) in [4.78, 5) is 37.1. The maximum atomic E-state index is 12.7. The lowest BCUT2D eigenvalue weighted by Crippen LogP contribution is -2.29. The van der Waals surface area contributed by atoms with Gasteiger partial charge >= 0.3 is 19.8 Å². The van der Waals surface area contributed by atoms with Crippen molar-refractivity contribution in [2.24, 2.45) is 0 Å². The molecule has 0 rings (SSSR count). The van der Waals surface area contributed by atoms with E-state index in [1.807, 2.05) is 31.1 Å². The standard InChI is InChI=1S/C51H92NO8P/c1-5-7-9-11-13-15-17-19-21-23-25-27-29-31-33-35-37-39-41-43-50(53)57-47-49(48-59-61(55,56)58-46-45-52(3)4)60-51(54)44-42-40-38-36-34-32-30-28-26-24-22-20-18-16-14-12-10-8-6-2/h14,16,20,22,26,28,32,34,38,40,49H,5-13,15,17-19,21,23-25,27,29-31,33,35-37,39,41-48H2,1-4H3,(H,55,56)/b16-14-,22-20-,28-26-,34-32-,40-38-. The maximum absolute atomic E-state index is 12.7. The molecular formula is C51H92NO8P. The van der Waals surface area contributed by atoms with Gasteiger partial charge in [-0.2, -0.15) is 0 Å². The molecule has 0 aromatic rings. The summed E-state index contributed by atoms with van der Waals surface area (Å²) >= 11 is 0. The first kappa shape index (κ1) is 58.7. The predicted molar refractivity (Wildman–Crippen MR) is 257 cm³/mol. The molecule has 0 saturated carbocycles. The van der Waals surface area contributed by atoms with Gasteiger partial charge in [-0.25, -0.2) is 4.57 Å². The van der Waals surface area contributed by atoms with Gasteiger partial charge in [0.1, 0.15) is 6.61 Å². The Balaban J connectivity index is 4.32. The highest BCUT2D eigenvalue weighted by molar-refractivity contribution is 7.47. The van der Waals surface area contributed by atoms with Crippen LogP contribution in [0.4, 0.5) is 0 Å². The van der Waals surface area contributed by atoms with Gasteiger partial charge in [0.15, 0.2) is 6.10 Å². The largest absolute Gasteiger partial charge is 0.472 e. The van der Waals surface area contributed by atoms with Crippen molar-refractivity contribution in [3.05, 3.63) is 60.8 Å². The van der Waals surface area contributed by atoms with Crippen molar-refractivity contribution in [3.8, 4) is 0 Å². The van der Waals surface area contributed by atoms with E-state index in [9.17, 15) is 19.0 Å². The molecular weight excluding hydrogens is 786 g/mol. The predicted octanol–water partition coefficient (Wildman–Crippen LogP) is 14.7. The molecule has 2 atom stereocenters. The Morgan fingerprint density at radius 3 is 1.38 bits per heavy atom. The Bertz CT molecular complexity index is 1200. The minimum absolute atomic E-state index is 0.00689. The Kier molecular flexibility index (Phi) is 44.0. The molecule has 10 heteroatoms. The van der Waals surface area contributed by atoms with E-state index >= 15 is 0 Å². The topological polar surface area (TPSA) is 112 Å². The van der Waals surface area contributed by atoms with Crippen molar-refractivity contribution in [3.63, 3.8) is 0 Å². The number of rotatable bonds is 45. The molecule has 0 amide bonds. The number of esters is 2. The van der Waals surface area contributed by atoms with Crippen LogP contribution in [0.1, 0.15) is 206 Å². The molecule has 0 aliphatic carbocycles. The second-order valence-electron chi connectivity index (χ2n) is 16.6. The van der Waals surface area contributed by atoms with Crippen molar-refractivity contribution in [2.75, 3.05) is 40.5 Å². The monoisotopic (exact) mass is 878 g/mol. The lowest BCUT2D eigenvalue weighted by molar-refractivity contribution is -0.161. The maximum Gasteiger partial charge on any atom is 0.472 e. The van der Waals surface area contributed by atoms with Crippen LogP contribution in [0, 0.1) is 0 Å². The van der Waals surface area contributed by atoms with Gasteiger partial charge in [0.2, 0.25) is 0 Å². The molecule has 61 heavy (non-hydrogen) atoms. The van der Waals surface area contributed by atoms with E-state index < -0.39 is 26.5 Å². The molecule has 0 saturated heterocycles. The van der Waals surface area contributed by atoms with Gasteiger partial charge in [0.05, 0.1) is 13.2 Å². The van der Waals surface area contributed by atoms with Crippen molar-refractivity contribution in [1.82, 2.24) is 4.90 Å². The Hall–Kier alpha value is -2.29. The summed E-state index contributed by atoms with van der Waals surface area (Å²) < 4.78 is 33.5. The first-order valence-electron chi connectivity index (χ1n) is 24.6. The summed E-state index contributed by atoms with van der Waals surface area (Å²) in [6.45, 7) is 4.23. The zero-order chi connectivity index (χ0) is 44.8. The molecule has 0 radical (unpaired) electrons. The van der Waals surface area contributed by atoms with Gasteiger partial charge in [-0.15, -0.1) is 0 Å². The summed E-state index contributed by atoms with van der Waals surface area (Å²) in [6, 6.07) is 0. The minimum Gasteiger partial charge on any atom is -0.462 e. The Labute approximate surface area is 374 Å². The number of nitrogens with zero attached hydrogens (tertiary/aromatic N) is 1. The van der Waals surface area contributed by atoms with Crippen molar-refractivity contribution in [2.45, 2.75) is 213 Å². The molecule has 0 bridgehead atoms. The fourth-order valence-corrected chi connectivity index (χ4v) is 7.29. The summed E-state index contributed by atoms with van der Waals surface area (Å²) in [6.07, 6.45) is 54.3. The minimum atomic E-state index is -4.39. The van der Waals surface area contributed by atoms with E-state index in [4.69, 9.17) is 18.5 Å². The molecule has 0 spiro atoms. The molecule has 2 unspecified atom stereocenters. The average molecular weight is 878 g/mol. The molecule has 354 valence electrons. The molecule has 1 N–H and O–H groups in total. The highest BCUT2D eigenvalue weighted by Gasteiger charge is 2.26. The number of carbonyl (C=O) groups excluding carboxylic acids is 2. The number of ether oxygens (including phenoxy) is 2. The van der Waals surface area contributed by atoms with Gasteiger partial charge in [-0.3, -0.25) is 18.6 Å². The molecule has 0 fully saturated rings. The molecule has 9 nitrogen and oxygen atoms in total. The number of carbonyl (C=O) groups is 2. The van der Waals surface area contributed by atoms with Gasteiger partial charge in [0.25, 0.3) is 0 Å². The van der Waals surface area contributed by atoms with Crippen LogP contribution in [0.25, 0.3) is 0 Å². The summed E-state index contributed by atoms with van der Waals surface area (Å²) in [5, 5.41) is 0. The van der Waals surface area contributed by atoms with Crippen LogP contribution in [-0.4, -0.2) is 68.3 Å². The number of hydrogen-bond acceptors (Lipinski definition) is 8. The number of likely N-dealkylation sites (N-methyl/N-ethyl adjacent to an activating group) is 1. The van der Waals surface area contributed by atoms with Crippen LogP contribution >= 0.6 is 7.82 Å². The lowest BCUT2D eigenvalue weighted by atomic mass is 10.0. The summed E-state index contributed by atoms with van der Waals surface area (Å²) in [5.74, 6) is -0.894. The quantitative estimate of drug-likeness (QED) is 0.0277. The lowest BCUT2D eigenvalue weighted by Gasteiger charge is -2.20. The van der Waals surface area contributed by atoms with Crippen LogP contribution in [0.2, 0.25) is 0 Å². The summed E-state index contributed by atoms with van der Waals surface area (Å²) in [5.41, 5.74) is 0. The average Bonchev–Trinajstić information content (AvgIpc) is 3.23. The van der Waals surface area contributed by atoms with E-state index in [2.05, 4.69) is 62.5 Å². The highest BCUT2D eigenvalue weighted by atomic mass is 31.2. The second-order valence-corrected chi connectivity index (χ2v) is 18.1. The Morgan fingerprint density at radius 2 is 0.918 bits per heavy atom. The fraction of sp³-hybridized carbons (Fsp3) is 0.765.